The van der Waals surface area contributed by atoms with Crippen molar-refractivity contribution in [3.8, 4) is 0 Å². The number of halogens is 1. The Morgan fingerprint density at radius 1 is 0.824 bits per heavy atom. The Bertz CT molecular complexity index is 157. The van der Waals surface area contributed by atoms with E-state index in [0.29, 0.717) is 6.42 Å². The van der Waals surface area contributed by atoms with Gasteiger partial charge in [-0.25, -0.2) is 4.39 Å². The Labute approximate surface area is 107 Å². The molecule has 0 saturated carbocycles. The van der Waals surface area contributed by atoms with Crippen molar-refractivity contribution in [3.05, 3.63) is 0 Å². The number of rotatable bonds is 12. The quantitative estimate of drug-likeness (QED) is 0.482. The molecule has 0 radical (unpaired) electrons. The summed E-state index contributed by atoms with van der Waals surface area (Å²) >= 11 is 0. The van der Waals surface area contributed by atoms with Gasteiger partial charge in [-0.3, -0.25) is 0 Å². The van der Waals surface area contributed by atoms with Crippen LogP contribution in [-0.4, -0.2) is 12.2 Å². The van der Waals surface area contributed by atoms with Crippen molar-refractivity contribution in [2.45, 2.75) is 90.1 Å². The second-order valence-electron chi connectivity index (χ2n) is 5.55. The molecule has 0 aliphatic heterocycles. The van der Waals surface area contributed by atoms with Gasteiger partial charge in [-0.05, 0) is 13.3 Å². The van der Waals surface area contributed by atoms with Gasteiger partial charge in [-0.15, -0.1) is 0 Å². The Balaban J connectivity index is 3.09. The highest BCUT2D eigenvalue weighted by Crippen LogP contribution is 2.18. The van der Waals surface area contributed by atoms with Gasteiger partial charge < -0.3 is 5.73 Å². The van der Waals surface area contributed by atoms with E-state index >= 15 is 0 Å². The molecule has 0 saturated heterocycles. The zero-order valence-corrected chi connectivity index (χ0v) is 11.9. The summed E-state index contributed by atoms with van der Waals surface area (Å²) in [6.07, 6.45) is 13.6. The van der Waals surface area contributed by atoms with Crippen LogP contribution >= 0.6 is 0 Å². The zero-order chi connectivity index (χ0) is 13.0. The first-order valence-electron chi connectivity index (χ1n) is 7.51. The van der Waals surface area contributed by atoms with Gasteiger partial charge in [0.2, 0.25) is 0 Å². The van der Waals surface area contributed by atoms with E-state index in [1.807, 2.05) is 0 Å². The van der Waals surface area contributed by atoms with E-state index in [0.717, 1.165) is 12.8 Å². The summed E-state index contributed by atoms with van der Waals surface area (Å²) in [7, 11) is 0. The molecule has 0 aromatic carbocycles. The molecular formula is C15H32FN. The molecule has 0 heterocycles. The summed E-state index contributed by atoms with van der Waals surface area (Å²) < 4.78 is 13.4. The average molecular weight is 245 g/mol. The first-order chi connectivity index (χ1) is 8.12. The van der Waals surface area contributed by atoms with Crippen LogP contribution in [0, 0.1) is 0 Å². The molecule has 2 N–H and O–H groups in total. The molecule has 1 unspecified atom stereocenters. The van der Waals surface area contributed by atoms with Gasteiger partial charge >= 0.3 is 0 Å². The molecule has 0 aliphatic rings. The minimum atomic E-state index is -1.14. The van der Waals surface area contributed by atoms with Crippen LogP contribution in [0.2, 0.25) is 0 Å². The maximum Gasteiger partial charge on any atom is 0.120 e. The van der Waals surface area contributed by atoms with Crippen molar-refractivity contribution in [2.24, 2.45) is 5.73 Å². The highest BCUT2D eigenvalue weighted by atomic mass is 19.1. The van der Waals surface area contributed by atoms with Gasteiger partial charge in [0.15, 0.2) is 0 Å². The molecular weight excluding hydrogens is 213 g/mol. The zero-order valence-electron chi connectivity index (χ0n) is 11.9. The fourth-order valence-corrected chi connectivity index (χ4v) is 2.08. The number of hydrogen-bond acceptors (Lipinski definition) is 1. The largest absolute Gasteiger partial charge is 0.328 e. The second-order valence-corrected chi connectivity index (χ2v) is 5.55. The third-order valence-corrected chi connectivity index (χ3v) is 3.48. The summed E-state index contributed by atoms with van der Waals surface area (Å²) in [6, 6.07) is 0. The third kappa shape index (κ3) is 12.1. The molecule has 0 rings (SSSR count). The van der Waals surface area contributed by atoms with Crippen LogP contribution in [0.3, 0.4) is 0 Å². The number of hydrogen-bond donors (Lipinski definition) is 1. The summed E-state index contributed by atoms with van der Waals surface area (Å²) in [5.74, 6) is 0. The van der Waals surface area contributed by atoms with Crippen molar-refractivity contribution >= 4 is 0 Å². The summed E-state index contributed by atoms with van der Waals surface area (Å²) in [5, 5.41) is 0. The van der Waals surface area contributed by atoms with Crippen molar-refractivity contribution in [1.29, 1.82) is 0 Å². The fraction of sp³-hybridized carbons (Fsp3) is 1.00. The lowest BCUT2D eigenvalue weighted by atomic mass is 9.99. The van der Waals surface area contributed by atoms with Crippen LogP contribution in [-0.2, 0) is 0 Å². The fourth-order valence-electron chi connectivity index (χ4n) is 2.08. The molecule has 0 aromatic heterocycles. The van der Waals surface area contributed by atoms with E-state index in [1.54, 1.807) is 6.92 Å². The predicted octanol–water partition coefficient (Wildman–Crippen LogP) is 4.98. The molecule has 2 heteroatoms. The van der Waals surface area contributed by atoms with Crippen LogP contribution < -0.4 is 5.73 Å². The van der Waals surface area contributed by atoms with Crippen molar-refractivity contribution in [3.63, 3.8) is 0 Å². The smallest absolute Gasteiger partial charge is 0.120 e. The van der Waals surface area contributed by atoms with Crippen LogP contribution in [0.25, 0.3) is 0 Å². The number of nitrogens with two attached hydrogens (primary N) is 1. The van der Waals surface area contributed by atoms with Crippen LogP contribution in [0.4, 0.5) is 4.39 Å². The van der Waals surface area contributed by atoms with Crippen LogP contribution in [0.15, 0.2) is 0 Å². The Hall–Kier alpha value is -0.110. The molecule has 0 aromatic rings. The highest BCUT2D eigenvalue weighted by Gasteiger charge is 2.19. The minimum Gasteiger partial charge on any atom is -0.328 e. The van der Waals surface area contributed by atoms with E-state index in [2.05, 4.69) is 6.92 Å². The molecule has 0 spiro atoms. The van der Waals surface area contributed by atoms with Crippen LogP contribution in [0.1, 0.15) is 84.5 Å². The van der Waals surface area contributed by atoms with Gasteiger partial charge in [0.05, 0.1) is 0 Å². The SMILES string of the molecule is CCCCCCCCCCCCC(C)(F)CN. The molecule has 104 valence electrons. The minimum absolute atomic E-state index is 0.157. The average Bonchev–Trinajstić information content (AvgIpc) is 2.31. The standard InChI is InChI=1S/C15H32FN/c1-3-4-5-6-7-8-9-10-11-12-13-15(2,16)14-17/h3-14,17H2,1-2H3. The molecule has 17 heavy (non-hydrogen) atoms. The van der Waals surface area contributed by atoms with E-state index in [-0.39, 0.29) is 6.54 Å². The topological polar surface area (TPSA) is 26.0 Å². The van der Waals surface area contributed by atoms with Crippen molar-refractivity contribution < 1.29 is 4.39 Å². The first-order valence-corrected chi connectivity index (χ1v) is 7.51. The van der Waals surface area contributed by atoms with Crippen molar-refractivity contribution in [2.75, 3.05) is 6.54 Å². The lowest BCUT2D eigenvalue weighted by molar-refractivity contribution is 0.179. The molecule has 0 aliphatic carbocycles. The van der Waals surface area contributed by atoms with E-state index in [4.69, 9.17) is 5.73 Å². The first kappa shape index (κ1) is 16.9. The maximum atomic E-state index is 13.4. The molecule has 1 nitrogen and oxygen atoms in total. The third-order valence-electron chi connectivity index (χ3n) is 3.48. The Morgan fingerprint density at radius 3 is 1.65 bits per heavy atom. The summed E-state index contributed by atoms with van der Waals surface area (Å²) in [5.41, 5.74) is 4.21. The van der Waals surface area contributed by atoms with Crippen molar-refractivity contribution in [1.82, 2.24) is 0 Å². The van der Waals surface area contributed by atoms with Crippen LogP contribution in [0.5, 0.6) is 0 Å². The van der Waals surface area contributed by atoms with Gasteiger partial charge in [0.25, 0.3) is 0 Å². The molecule has 0 amide bonds. The van der Waals surface area contributed by atoms with E-state index in [9.17, 15) is 4.39 Å². The van der Waals surface area contributed by atoms with Gasteiger partial charge in [-0.1, -0.05) is 71.1 Å². The second kappa shape index (κ2) is 11.0. The maximum absolute atomic E-state index is 13.4. The van der Waals surface area contributed by atoms with E-state index < -0.39 is 5.67 Å². The van der Waals surface area contributed by atoms with Gasteiger partial charge in [-0.2, -0.15) is 0 Å². The molecule has 1 atom stereocenters. The summed E-state index contributed by atoms with van der Waals surface area (Å²) in [4.78, 5) is 0. The lowest BCUT2D eigenvalue weighted by Crippen LogP contribution is -2.28. The summed E-state index contributed by atoms with van der Waals surface area (Å²) in [6.45, 7) is 4.02. The van der Waals surface area contributed by atoms with E-state index in [1.165, 1.54) is 51.4 Å². The highest BCUT2D eigenvalue weighted by molar-refractivity contribution is 4.73. The van der Waals surface area contributed by atoms with Gasteiger partial charge in [0.1, 0.15) is 5.67 Å². The van der Waals surface area contributed by atoms with Gasteiger partial charge in [0, 0.05) is 6.54 Å². The lowest BCUT2D eigenvalue weighted by Gasteiger charge is -2.17. The normalized spacial score (nSPS) is 14.8. The predicted molar refractivity (Wildman–Crippen MR) is 75.0 cm³/mol. The molecule has 0 bridgehead atoms. The Kier molecular flexibility index (Phi) is 10.9. The Morgan fingerprint density at radius 2 is 1.24 bits per heavy atom. The number of alkyl halides is 1. The number of unbranched alkanes of at least 4 members (excludes halogenated alkanes) is 9. The monoisotopic (exact) mass is 245 g/mol. The molecule has 0 fully saturated rings.